The molecule has 0 aliphatic carbocycles. The van der Waals surface area contributed by atoms with E-state index in [1.54, 1.807) is 19.9 Å². The first-order valence-corrected chi connectivity index (χ1v) is 6.38. The van der Waals surface area contributed by atoms with Gasteiger partial charge in [0.15, 0.2) is 0 Å². The van der Waals surface area contributed by atoms with Crippen molar-refractivity contribution in [2.45, 2.75) is 19.5 Å². The lowest BCUT2D eigenvalue weighted by Crippen LogP contribution is -1.93. The van der Waals surface area contributed by atoms with Crippen LogP contribution in [0, 0.1) is 0 Å². The van der Waals surface area contributed by atoms with Crippen LogP contribution in [0.15, 0.2) is 36.1 Å². The van der Waals surface area contributed by atoms with Crippen LogP contribution in [0.5, 0.6) is 0 Å². The van der Waals surface area contributed by atoms with Crippen LogP contribution in [0.3, 0.4) is 0 Å². The molecule has 1 N–H and O–H groups in total. The highest BCUT2D eigenvalue weighted by Crippen LogP contribution is 2.47. The van der Waals surface area contributed by atoms with Crippen LogP contribution in [-0.2, 0) is 4.57 Å². The maximum Gasteiger partial charge on any atom is 0.225 e. The molecule has 1 atom stereocenters. The van der Waals surface area contributed by atoms with E-state index in [0.29, 0.717) is 0 Å². The Morgan fingerprint density at radius 2 is 1.86 bits per heavy atom. The number of rotatable bonds is 3. The van der Waals surface area contributed by atoms with Gasteiger partial charge < -0.3 is 4.89 Å². The summed E-state index contributed by atoms with van der Waals surface area (Å²) in [5.41, 5.74) is 0.727. The van der Waals surface area contributed by atoms with Gasteiger partial charge in [-0.1, -0.05) is 44.2 Å². The Balaban J connectivity index is 2.79. The monoisotopic (exact) mass is 210 g/mol. The maximum atomic E-state index is 11.6. The van der Waals surface area contributed by atoms with Crippen molar-refractivity contribution in [3.05, 3.63) is 41.7 Å². The average Bonchev–Trinajstić information content (AvgIpc) is 2.16. The molecule has 1 unspecified atom stereocenters. The fraction of sp³-hybridized carbons (Fsp3) is 0.273. The zero-order valence-electron chi connectivity index (χ0n) is 8.42. The molecule has 1 aromatic rings. The van der Waals surface area contributed by atoms with Gasteiger partial charge in [-0.25, -0.2) is 0 Å². The van der Waals surface area contributed by atoms with Crippen molar-refractivity contribution in [3.8, 4) is 0 Å². The Morgan fingerprint density at radius 1 is 1.29 bits per heavy atom. The molecule has 0 amide bonds. The number of hydrogen-bond donors (Lipinski definition) is 1. The molecule has 0 fully saturated rings. The predicted octanol–water partition coefficient (Wildman–Crippen LogP) is 3.34. The van der Waals surface area contributed by atoms with Crippen LogP contribution in [0.2, 0.25) is 0 Å². The van der Waals surface area contributed by atoms with E-state index in [0.717, 1.165) is 5.56 Å². The van der Waals surface area contributed by atoms with Gasteiger partial charge in [0.05, 0.1) is 0 Å². The van der Waals surface area contributed by atoms with Crippen molar-refractivity contribution in [1.29, 1.82) is 0 Å². The minimum atomic E-state index is -3.11. The van der Waals surface area contributed by atoms with Crippen molar-refractivity contribution in [1.82, 2.24) is 0 Å². The molecule has 0 aliphatic heterocycles. The molecule has 0 saturated heterocycles. The van der Waals surface area contributed by atoms with Crippen molar-refractivity contribution < 1.29 is 9.46 Å². The molecular weight excluding hydrogens is 195 g/mol. The minimum Gasteiger partial charge on any atom is -0.341 e. The third kappa shape index (κ3) is 3.13. The molecule has 0 saturated carbocycles. The summed E-state index contributed by atoms with van der Waals surface area (Å²) in [6, 6.07) is 9.51. The van der Waals surface area contributed by atoms with Crippen LogP contribution in [0.1, 0.15) is 19.4 Å². The van der Waals surface area contributed by atoms with Gasteiger partial charge in [0.2, 0.25) is 7.37 Å². The van der Waals surface area contributed by atoms with Crippen LogP contribution in [0.25, 0.3) is 6.08 Å². The highest BCUT2D eigenvalue weighted by Gasteiger charge is 2.18. The standard InChI is InChI=1S/C11H15O2P/c1-10(2)14(12,13)9-8-11-6-4-3-5-7-11/h3-10H,1-2H3,(H,12,13)/b9-8+. The Kier molecular flexibility index (Phi) is 3.68. The second-order valence-electron chi connectivity index (χ2n) is 3.49. The van der Waals surface area contributed by atoms with E-state index >= 15 is 0 Å². The summed E-state index contributed by atoms with van der Waals surface area (Å²) in [4.78, 5) is 9.52. The molecular formula is C11H15O2P. The summed E-state index contributed by atoms with van der Waals surface area (Å²) in [5.74, 6) is 1.41. The fourth-order valence-electron chi connectivity index (χ4n) is 0.929. The molecule has 0 radical (unpaired) electrons. The van der Waals surface area contributed by atoms with Crippen molar-refractivity contribution >= 4 is 13.4 Å². The van der Waals surface area contributed by atoms with Crippen LogP contribution < -0.4 is 0 Å². The van der Waals surface area contributed by atoms with Gasteiger partial charge in [-0.2, -0.15) is 0 Å². The van der Waals surface area contributed by atoms with Crippen molar-refractivity contribution in [3.63, 3.8) is 0 Å². The van der Waals surface area contributed by atoms with E-state index in [2.05, 4.69) is 0 Å². The molecule has 0 bridgehead atoms. The molecule has 3 heteroatoms. The van der Waals surface area contributed by atoms with Gasteiger partial charge in [0.25, 0.3) is 0 Å². The maximum absolute atomic E-state index is 11.6. The average molecular weight is 210 g/mol. The highest BCUT2D eigenvalue weighted by atomic mass is 31.2. The lowest BCUT2D eigenvalue weighted by Gasteiger charge is -2.09. The third-order valence-electron chi connectivity index (χ3n) is 2.02. The number of hydrogen-bond acceptors (Lipinski definition) is 1. The Hall–Kier alpha value is -0.850. The van der Waals surface area contributed by atoms with Gasteiger partial charge in [0.1, 0.15) is 0 Å². The zero-order chi connectivity index (χ0) is 10.6. The molecule has 2 nitrogen and oxygen atoms in total. The predicted molar refractivity (Wildman–Crippen MR) is 60.4 cm³/mol. The van der Waals surface area contributed by atoms with Crippen molar-refractivity contribution in [2.24, 2.45) is 0 Å². The van der Waals surface area contributed by atoms with E-state index in [1.165, 1.54) is 5.82 Å². The molecule has 0 heterocycles. The van der Waals surface area contributed by atoms with Crippen molar-refractivity contribution in [2.75, 3.05) is 0 Å². The second kappa shape index (κ2) is 4.59. The van der Waals surface area contributed by atoms with Crippen LogP contribution in [0.4, 0.5) is 0 Å². The first-order valence-electron chi connectivity index (χ1n) is 4.59. The summed E-state index contributed by atoms with van der Waals surface area (Å²) in [5, 5.41) is 0. The van der Waals surface area contributed by atoms with E-state index in [9.17, 15) is 9.46 Å². The van der Waals surface area contributed by atoms with Crippen LogP contribution >= 0.6 is 7.37 Å². The van der Waals surface area contributed by atoms with E-state index in [-0.39, 0.29) is 5.66 Å². The third-order valence-corrected chi connectivity index (χ3v) is 4.08. The Bertz CT molecular complexity index is 355. The smallest absolute Gasteiger partial charge is 0.225 e. The van der Waals surface area contributed by atoms with E-state index in [4.69, 9.17) is 0 Å². The van der Waals surface area contributed by atoms with Gasteiger partial charge in [-0.05, 0) is 11.6 Å². The quantitative estimate of drug-likeness (QED) is 0.777. The van der Waals surface area contributed by atoms with E-state index in [1.807, 2.05) is 30.3 Å². The molecule has 1 aromatic carbocycles. The summed E-state index contributed by atoms with van der Waals surface area (Å²) < 4.78 is 11.6. The fourth-order valence-corrected chi connectivity index (χ4v) is 1.66. The molecule has 0 aliphatic rings. The Morgan fingerprint density at radius 3 is 2.36 bits per heavy atom. The topological polar surface area (TPSA) is 37.3 Å². The van der Waals surface area contributed by atoms with E-state index < -0.39 is 7.37 Å². The first-order chi connectivity index (χ1) is 6.52. The minimum absolute atomic E-state index is 0.220. The molecule has 0 aromatic heterocycles. The van der Waals surface area contributed by atoms with Gasteiger partial charge in [-0.3, -0.25) is 4.57 Å². The summed E-state index contributed by atoms with van der Waals surface area (Å²) in [6.07, 6.45) is 1.70. The molecule has 1 rings (SSSR count). The Labute approximate surface area is 84.7 Å². The van der Waals surface area contributed by atoms with Crippen LogP contribution in [-0.4, -0.2) is 10.6 Å². The molecule has 0 spiro atoms. The summed E-state index contributed by atoms with van der Waals surface area (Å²) in [7, 11) is -3.11. The zero-order valence-corrected chi connectivity index (χ0v) is 9.32. The molecule has 14 heavy (non-hydrogen) atoms. The largest absolute Gasteiger partial charge is 0.341 e. The normalized spacial score (nSPS) is 16.0. The van der Waals surface area contributed by atoms with Gasteiger partial charge >= 0.3 is 0 Å². The summed E-state index contributed by atoms with van der Waals surface area (Å²) >= 11 is 0. The van der Waals surface area contributed by atoms with Gasteiger partial charge in [0, 0.05) is 11.5 Å². The second-order valence-corrected chi connectivity index (χ2v) is 6.17. The SMILES string of the molecule is CC(C)P(=O)(O)/C=C/c1ccccc1. The van der Waals surface area contributed by atoms with Gasteiger partial charge in [-0.15, -0.1) is 0 Å². The summed E-state index contributed by atoms with van der Waals surface area (Å²) in [6.45, 7) is 3.49. The lowest BCUT2D eigenvalue weighted by molar-refractivity contribution is 0.480. The molecule has 76 valence electrons. The first kappa shape index (κ1) is 11.2. The lowest BCUT2D eigenvalue weighted by atomic mass is 10.2. The highest BCUT2D eigenvalue weighted by molar-refractivity contribution is 7.62. The number of benzene rings is 1.